The number of nitrogens with zero attached hydrogens (tertiary/aromatic N) is 1. The molecular weight excluding hydrogens is 429 g/mol. The molecule has 25 heavy (non-hydrogen) atoms. The molecular formula is C20H28INO3. The largest absolute Gasteiger partial charge is 1.00 e. The molecule has 0 heterocycles. The summed E-state index contributed by atoms with van der Waals surface area (Å²) in [4.78, 5) is 0. The van der Waals surface area contributed by atoms with Crippen LogP contribution >= 0.6 is 0 Å². The zero-order valence-electron chi connectivity index (χ0n) is 15.6. The molecule has 138 valence electrons. The van der Waals surface area contributed by atoms with Gasteiger partial charge in [-0.15, -0.1) is 0 Å². The monoisotopic (exact) mass is 457 g/mol. The fraction of sp³-hybridized carbons (Fsp3) is 0.400. The molecule has 2 rings (SSSR count). The first-order valence-electron chi connectivity index (χ1n) is 8.16. The smallest absolute Gasteiger partial charge is 0.165 e. The molecule has 5 heteroatoms. The average Bonchev–Trinajstić information content (AvgIpc) is 2.56. The van der Waals surface area contributed by atoms with Crippen molar-refractivity contribution in [3.63, 3.8) is 0 Å². The normalized spacial score (nSPS) is 12.2. The van der Waals surface area contributed by atoms with Crippen molar-refractivity contribution in [3.8, 4) is 17.2 Å². The van der Waals surface area contributed by atoms with E-state index >= 15 is 0 Å². The maximum Gasteiger partial charge on any atom is 0.165 e. The van der Waals surface area contributed by atoms with Crippen molar-refractivity contribution in [2.75, 3.05) is 41.9 Å². The standard InChI is InChI=1S/C20H27NO3.HI/c1-21(2,3)14-13-16(15-9-7-6-8-10-15)19-17(23-4)11-12-18(24-5)20(19)22;/h6-12,16H,13-14H2,1-5H3;1H. The van der Waals surface area contributed by atoms with Crippen molar-refractivity contribution in [2.45, 2.75) is 12.3 Å². The second-order valence-corrected chi connectivity index (χ2v) is 7.00. The van der Waals surface area contributed by atoms with Crippen LogP contribution in [0, 0.1) is 0 Å². The third-order valence-corrected chi connectivity index (χ3v) is 4.22. The average molecular weight is 457 g/mol. The first kappa shape index (κ1) is 21.6. The first-order valence-corrected chi connectivity index (χ1v) is 8.16. The SMILES string of the molecule is COc1ccc(OC)c(C(CC[N+](C)(C)C)c2ccccc2)c1O.[I-]. The molecule has 1 unspecified atom stereocenters. The van der Waals surface area contributed by atoms with Gasteiger partial charge in [-0.05, 0) is 17.7 Å². The lowest BCUT2D eigenvalue weighted by atomic mass is 9.86. The highest BCUT2D eigenvalue weighted by atomic mass is 127. The second kappa shape index (κ2) is 9.29. The molecule has 0 aliphatic rings. The van der Waals surface area contributed by atoms with Gasteiger partial charge in [0.15, 0.2) is 11.5 Å². The lowest BCUT2D eigenvalue weighted by Gasteiger charge is -2.28. The number of halogens is 1. The molecule has 2 aromatic rings. The number of hydrogen-bond donors (Lipinski definition) is 1. The Hall–Kier alpha value is -1.47. The van der Waals surface area contributed by atoms with Gasteiger partial charge in [0.2, 0.25) is 0 Å². The zero-order valence-corrected chi connectivity index (χ0v) is 17.8. The Kier molecular flexibility index (Phi) is 8.02. The minimum absolute atomic E-state index is 0. The Morgan fingerprint density at radius 2 is 1.48 bits per heavy atom. The highest BCUT2D eigenvalue weighted by molar-refractivity contribution is 5.57. The van der Waals surface area contributed by atoms with Crippen LogP contribution in [0.1, 0.15) is 23.5 Å². The molecule has 0 saturated carbocycles. The van der Waals surface area contributed by atoms with Gasteiger partial charge in [0.1, 0.15) is 5.75 Å². The minimum atomic E-state index is 0. The lowest BCUT2D eigenvalue weighted by molar-refractivity contribution is -0.870. The highest BCUT2D eigenvalue weighted by Gasteiger charge is 2.26. The van der Waals surface area contributed by atoms with Gasteiger partial charge in [-0.1, -0.05) is 30.3 Å². The first-order chi connectivity index (χ1) is 11.4. The number of hydrogen-bond acceptors (Lipinski definition) is 3. The van der Waals surface area contributed by atoms with Crippen molar-refractivity contribution in [3.05, 3.63) is 53.6 Å². The van der Waals surface area contributed by atoms with Gasteiger partial charge in [0.05, 0.1) is 41.9 Å². The molecule has 0 amide bonds. The summed E-state index contributed by atoms with van der Waals surface area (Å²) < 4.78 is 11.7. The van der Waals surface area contributed by atoms with E-state index in [-0.39, 0.29) is 35.6 Å². The van der Waals surface area contributed by atoms with Crippen LogP contribution in [0.2, 0.25) is 0 Å². The summed E-state index contributed by atoms with van der Waals surface area (Å²) in [5.74, 6) is 1.35. The van der Waals surface area contributed by atoms with Gasteiger partial charge < -0.3 is 43.0 Å². The molecule has 0 aliphatic heterocycles. The van der Waals surface area contributed by atoms with Crippen LogP contribution < -0.4 is 33.5 Å². The number of benzene rings is 2. The van der Waals surface area contributed by atoms with Gasteiger partial charge in [-0.25, -0.2) is 0 Å². The number of ether oxygens (including phenoxy) is 2. The fourth-order valence-electron chi connectivity index (χ4n) is 2.93. The molecule has 0 radical (unpaired) electrons. The Morgan fingerprint density at radius 3 is 2.00 bits per heavy atom. The van der Waals surface area contributed by atoms with Crippen molar-refractivity contribution >= 4 is 0 Å². The van der Waals surface area contributed by atoms with Crippen LogP contribution in [0.4, 0.5) is 0 Å². The number of aromatic hydroxyl groups is 1. The number of quaternary nitrogens is 1. The second-order valence-electron chi connectivity index (χ2n) is 7.00. The zero-order chi connectivity index (χ0) is 17.7. The lowest BCUT2D eigenvalue weighted by Crippen LogP contribution is -3.00. The molecule has 1 atom stereocenters. The maximum atomic E-state index is 10.8. The Labute approximate surface area is 168 Å². The third kappa shape index (κ3) is 5.51. The molecule has 0 aliphatic carbocycles. The summed E-state index contributed by atoms with van der Waals surface area (Å²) in [6.07, 6.45) is 0.893. The van der Waals surface area contributed by atoms with Crippen molar-refractivity contribution in [1.82, 2.24) is 0 Å². The number of phenols is 1. The van der Waals surface area contributed by atoms with E-state index in [4.69, 9.17) is 9.47 Å². The van der Waals surface area contributed by atoms with E-state index in [1.807, 2.05) is 24.3 Å². The number of phenolic OH excluding ortho intramolecular Hbond substituents is 1. The van der Waals surface area contributed by atoms with E-state index in [9.17, 15) is 5.11 Å². The van der Waals surface area contributed by atoms with Gasteiger partial charge in [-0.2, -0.15) is 0 Å². The molecule has 2 aromatic carbocycles. The Balaban J connectivity index is 0.00000312. The van der Waals surface area contributed by atoms with E-state index in [2.05, 4.69) is 33.3 Å². The summed E-state index contributed by atoms with van der Waals surface area (Å²) in [6.45, 7) is 0.972. The van der Waals surface area contributed by atoms with Crippen molar-refractivity contribution in [2.24, 2.45) is 0 Å². The highest BCUT2D eigenvalue weighted by Crippen LogP contribution is 2.44. The van der Waals surface area contributed by atoms with Gasteiger partial charge >= 0.3 is 0 Å². The minimum Gasteiger partial charge on any atom is -1.00 e. The van der Waals surface area contributed by atoms with Gasteiger partial charge in [-0.3, -0.25) is 0 Å². The predicted molar refractivity (Wildman–Crippen MR) is 97.0 cm³/mol. The molecule has 0 spiro atoms. The Bertz CT molecular complexity index is 669. The van der Waals surface area contributed by atoms with Crippen LogP contribution in [0.3, 0.4) is 0 Å². The quantitative estimate of drug-likeness (QED) is 0.490. The topological polar surface area (TPSA) is 38.7 Å². The summed E-state index contributed by atoms with van der Waals surface area (Å²) in [5.41, 5.74) is 1.95. The molecule has 4 nitrogen and oxygen atoms in total. The van der Waals surface area contributed by atoms with Crippen LogP contribution in [0.25, 0.3) is 0 Å². The summed E-state index contributed by atoms with van der Waals surface area (Å²) in [6, 6.07) is 13.8. The summed E-state index contributed by atoms with van der Waals surface area (Å²) >= 11 is 0. The number of methoxy groups -OCH3 is 2. The van der Waals surface area contributed by atoms with Crippen LogP contribution in [0.5, 0.6) is 17.2 Å². The van der Waals surface area contributed by atoms with Crippen LogP contribution in [-0.2, 0) is 0 Å². The fourth-order valence-corrected chi connectivity index (χ4v) is 2.93. The summed E-state index contributed by atoms with van der Waals surface area (Å²) in [7, 11) is 9.71. The predicted octanol–water partition coefficient (Wildman–Crippen LogP) is 0.642. The van der Waals surface area contributed by atoms with E-state index in [1.54, 1.807) is 20.3 Å². The molecule has 0 fully saturated rings. The van der Waals surface area contributed by atoms with Crippen LogP contribution in [0.15, 0.2) is 42.5 Å². The van der Waals surface area contributed by atoms with Crippen molar-refractivity contribution < 1.29 is 43.0 Å². The Morgan fingerprint density at radius 1 is 0.920 bits per heavy atom. The third-order valence-electron chi connectivity index (χ3n) is 4.22. The van der Waals surface area contributed by atoms with E-state index in [0.717, 1.165) is 28.6 Å². The van der Waals surface area contributed by atoms with Crippen molar-refractivity contribution in [1.29, 1.82) is 0 Å². The van der Waals surface area contributed by atoms with E-state index in [0.29, 0.717) is 11.5 Å². The van der Waals surface area contributed by atoms with Gasteiger partial charge in [0.25, 0.3) is 0 Å². The summed E-state index contributed by atoms with van der Waals surface area (Å²) in [5, 5.41) is 10.8. The van der Waals surface area contributed by atoms with E-state index in [1.165, 1.54) is 0 Å². The van der Waals surface area contributed by atoms with Gasteiger partial charge in [0, 0.05) is 17.9 Å². The van der Waals surface area contributed by atoms with Crippen LogP contribution in [-0.4, -0.2) is 51.5 Å². The number of rotatable bonds is 7. The van der Waals surface area contributed by atoms with E-state index < -0.39 is 0 Å². The molecule has 0 aromatic heterocycles. The molecule has 0 bridgehead atoms. The maximum absolute atomic E-state index is 10.8. The molecule has 1 N–H and O–H groups in total. The molecule has 0 saturated heterocycles.